The van der Waals surface area contributed by atoms with Gasteiger partial charge in [-0.15, -0.1) is 0 Å². The second-order valence-corrected chi connectivity index (χ2v) is 5.18. The molecule has 0 atom stereocenters. The SMILES string of the molecule is CC(C)(C)OC(Cc1ccncc1)(C(=O)O)C(=O)O. The fourth-order valence-corrected chi connectivity index (χ4v) is 1.68. The number of ether oxygens (including phenoxy) is 1. The van der Waals surface area contributed by atoms with E-state index < -0.39 is 23.1 Å². The smallest absolute Gasteiger partial charge is 0.348 e. The molecular weight excluding hydrogens is 250 g/mol. The molecule has 0 spiro atoms. The summed E-state index contributed by atoms with van der Waals surface area (Å²) in [6.07, 6.45) is 2.68. The average Bonchev–Trinajstić information content (AvgIpc) is 2.27. The normalized spacial score (nSPS) is 12.2. The molecule has 6 nitrogen and oxygen atoms in total. The third-order valence-corrected chi connectivity index (χ3v) is 2.37. The highest BCUT2D eigenvalue weighted by Crippen LogP contribution is 2.25. The first kappa shape index (κ1) is 15.1. The van der Waals surface area contributed by atoms with Gasteiger partial charge in [-0.05, 0) is 38.5 Å². The van der Waals surface area contributed by atoms with Gasteiger partial charge in [0.25, 0.3) is 5.60 Å². The van der Waals surface area contributed by atoms with Crippen LogP contribution in [0.2, 0.25) is 0 Å². The van der Waals surface area contributed by atoms with Gasteiger partial charge >= 0.3 is 11.9 Å². The van der Waals surface area contributed by atoms with E-state index in [0.29, 0.717) is 5.56 Å². The van der Waals surface area contributed by atoms with Crippen LogP contribution in [0, 0.1) is 0 Å². The number of aliphatic carboxylic acids is 2. The Labute approximate surface area is 111 Å². The summed E-state index contributed by atoms with van der Waals surface area (Å²) in [6, 6.07) is 3.12. The molecule has 0 unspecified atom stereocenters. The van der Waals surface area contributed by atoms with Crippen LogP contribution in [0.15, 0.2) is 24.5 Å². The van der Waals surface area contributed by atoms with Gasteiger partial charge in [0.1, 0.15) is 0 Å². The van der Waals surface area contributed by atoms with Crippen molar-refractivity contribution < 1.29 is 24.5 Å². The molecule has 6 heteroatoms. The zero-order valence-corrected chi connectivity index (χ0v) is 11.1. The number of aromatic nitrogens is 1. The van der Waals surface area contributed by atoms with Gasteiger partial charge in [-0.1, -0.05) is 0 Å². The van der Waals surface area contributed by atoms with Crippen molar-refractivity contribution in [1.29, 1.82) is 0 Å². The Balaban J connectivity index is 3.18. The van der Waals surface area contributed by atoms with Gasteiger partial charge < -0.3 is 14.9 Å². The second kappa shape index (κ2) is 5.36. The van der Waals surface area contributed by atoms with E-state index >= 15 is 0 Å². The number of carbonyl (C=O) groups is 2. The number of nitrogens with zero attached hydrogens (tertiary/aromatic N) is 1. The van der Waals surface area contributed by atoms with Gasteiger partial charge in [0.2, 0.25) is 0 Å². The molecule has 0 aromatic carbocycles. The molecule has 0 aliphatic rings. The largest absolute Gasteiger partial charge is 0.479 e. The monoisotopic (exact) mass is 267 g/mol. The third-order valence-electron chi connectivity index (χ3n) is 2.37. The molecule has 104 valence electrons. The van der Waals surface area contributed by atoms with Crippen LogP contribution in [0.5, 0.6) is 0 Å². The number of carboxylic acid groups (broad SMARTS) is 2. The predicted octanol–water partition coefficient (Wildman–Crippen LogP) is 1.35. The molecule has 0 amide bonds. The summed E-state index contributed by atoms with van der Waals surface area (Å²) in [5.41, 5.74) is -2.67. The molecule has 1 aromatic rings. The Kier molecular flexibility index (Phi) is 4.26. The first-order valence-corrected chi connectivity index (χ1v) is 5.73. The summed E-state index contributed by atoms with van der Waals surface area (Å²) in [5.74, 6) is -3.04. The highest BCUT2D eigenvalue weighted by Gasteiger charge is 2.50. The van der Waals surface area contributed by atoms with Crippen molar-refractivity contribution >= 4 is 11.9 Å². The summed E-state index contributed by atoms with van der Waals surface area (Å²) >= 11 is 0. The maximum atomic E-state index is 11.4. The van der Waals surface area contributed by atoms with Crippen LogP contribution in [0.25, 0.3) is 0 Å². The zero-order chi connectivity index (χ0) is 14.7. The summed E-state index contributed by atoms with van der Waals surface area (Å²) in [4.78, 5) is 26.7. The number of pyridine rings is 1. The first-order chi connectivity index (χ1) is 8.67. The topological polar surface area (TPSA) is 96.7 Å². The standard InChI is InChI=1S/C13H17NO5/c1-12(2,3)19-13(10(15)16,11(17)18)8-9-4-6-14-7-5-9/h4-7H,8H2,1-3H3,(H,15,16)(H,17,18). The van der Waals surface area contributed by atoms with Crippen molar-refractivity contribution in [3.8, 4) is 0 Å². The summed E-state index contributed by atoms with van der Waals surface area (Å²) in [6.45, 7) is 4.83. The van der Waals surface area contributed by atoms with E-state index in [-0.39, 0.29) is 6.42 Å². The molecule has 0 fully saturated rings. The van der Waals surface area contributed by atoms with E-state index in [4.69, 9.17) is 4.74 Å². The van der Waals surface area contributed by atoms with Gasteiger partial charge in [-0.25, -0.2) is 9.59 Å². The zero-order valence-electron chi connectivity index (χ0n) is 11.1. The van der Waals surface area contributed by atoms with E-state index in [9.17, 15) is 19.8 Å². The minimum absolute atomic E-state index is 0.266. The highest BCUT2D eigenvalue weighted by atomic mass is 16.6. The van der Waals surface area contributed by atoms with Crippen molar-refractivity contribution in [2.45, 2.75) is 38.4 Å². The lowest BCUT2D eigenvalue weighted by Crippen LogP contribution is -2.54. The lowest BCUT2D eigenvalue weighted by atomic mass is 9.93. The Bertz CT molecular complexity index is 450. The molecule has 2 N–H and O–H groups in total. The quantitative estimate of drug-likeness (QED) is 0.781. The molecule has 1 heterocycles. The minimum atomic E-state index is -2.31. The van der Waals surface area contributed by atoms with Crippen LogP contribution in [0.1, 0.15) is 26.3 Å². The molecular formula is C13H17NO5. The van der Waals surface area contributed by atoms with Crippen molar-refractivity contribution in [2.24, 2.45) is 0 Å². The Morgan fingerprint density at radius 2 is 1.63 bits per heavy atom. The Morgan fingerprint density at radius 1 is 1.16 bits per heavy atom. The van der Waals surface area contributed by atoms with Gasteiger partial charge in [0.05, 0.1) is 5.60 Å². The number of hydrogen-bond donors (Lipinski definition) is 2. The molecule has 0 saturated heterocycles. The first-order valence-electron chi connectivity index (χ1n) is 5.73. The number of hydrogen-bond acceptors (Lipinski definition) is 4. The molecule has 0 bridgehead atoms. The van der Waals surface area contributed by atoms with Gasteiger partial charge in [0.15, 0.2) is 0 Å². The van der Waals surface area contributed by atoms with E-state index in [2.05, 4.69) is 4.98 Å². The fourth-order valence-electron chi connectivity index (χ4n) is 1.68. The summed E-state index contributed by atoms with van der Waals surface area (Å²) < 4.78 is 5.33. The molecule has 0 aliphatic carbocycles. The van der Waals surface area contributed by atoms with Gasteiger partial charge in [0, 0.05) is 18.8 Å². The van der Waals surface area contributed by atoms with Gasteiger partial charge in [-0.2, -0.15) is 0 Å². The van der Waals surface area contributed by atoms with E-state index in [0.717, 1.165) is 0 Å². The molecule has 1 aromatic heterocycles. The molecule has 0 radical (unpaired) electrons. The van der Waals surface area contributed by atoms with E-state index in [1.165, 1.54) is 12.4 Å². The van der Waals surface area contributed by atoms with Crippen LogP contribution >= 0.6 is 0 Å². The Morgan fingerprint density at radius 3 is 2.00 bits per heavy atom. The summed E-state index contributed by atoms with van der Waals surface area (Å²) in [5, 5.41) is 18.6. The predicted molar refractivity (Wildman–Crippen MR) is 66.8 cm³/mol. The lowest BCUT2D eigenvalue weighted by molar-refractivity contribution is -0.199. The second-order valence-electron chi connectivity index (χ2n) is 5.18. The van der Waals surface area contributed by atoms with Crippen molar-refractivity contribution in [1.82, 2.24) is 4.98 Å². The maximum absolute atomic E-state index is 11.4. The summed E-state index contributed by atoms with van der Waals surface area (Å²) in [7, 11) is 0. The van der Waals surface area contributed by atoms with E-state index in [1.807, 2.05) is 0 Å². The van der Waals surface area contributed by atoms with Crippen LogP contribution in [0.3, 0.4) is 0 Å². The molecule has 0 aliphatic heterocycles. The number of rotatable bonds is 5. The third kappa shape index (κ3) is 3.75. The number of carboxylic acids is 2. The molecule has 0 saturated carbocycles. The van der Waals surface area contributed by atoms with Crippen LogP contribution < -0.4 is 0 Å². The van der Waals surface area contributed by atoms with Crippen LogP contribution in [-0.2, 0) is 20.7 Å². The molecule has 19 heavy (non-hydrogen) atoms. The van der Waals surface area contributed by atoms with Gasteiger partial charge in [-0.3, -0.25) is 4.98 Å². The van der Waals surface area contributed by atoms with Crippen LogP contribution in [0.4, 0.5) is 0 Å². The molecule has 1 rings (SSSR count). The fraction of sp³-hybridized carbons (Fsp3) is 0.462. The highest BCUT2D eigenvalue weighted by molar-refractivity contribution is 6.02. The lowest BCUT2D eigenvalue weighted by Gasteiger charge is -2.32. The minimum Gasteiger partial charge on any atom is -0.479 e. The van der Waals surface area contributed by atoms with Crippen molar-refractivity contribution in [2.75, 3.05) is 0 Å². The van der Waals surface area contributed by atoms with Crippen LogP contribution in [-0.4, -0.2) is 38.3 Å². The average molecular weight is 267 g/mol. The van der Waals surface area contributed by atoms with E-state index in [1.54, 1.807) is 32.9 Å². The maximum Gasteiger partial charge on any atom is 0.348 e. The Hall–Kier alpha value is -1.95. The van der Waals surface area contributed by atoms with Crippen molar-refractivity contribution in [3.05, 3.63) is 30.1 Å². The van der Waals surface area contributed by atoms with Crippen molar-refractivity contribution in [3.63, 3.8) is 0 Å².